The molecule has 0 aliphatic heterocycles. The van der Waals surface area contributed by atoms with Crippen molar-refractivity contribution in [3.63, 3.8) is 0 Å². The van der Waals surface area contributed by atoms with Crippen LogP contribution in [-0.4, -0.2) is 22.4 Å². The Labute approximate surface area is 53.6 Å². The molecule has 56 valence electrons. The van der Waals surface area contributed by atoms with E-state index in [-0.39, 0.29) is 0 Å². The maximum atomic E-state index is 9.51. The minimum Gasteiger partial charge on any atom is -0.445 e. The molecule has 0 aromatic carbocycles. The third kappa shape index (κ3) is 4.30. The molecular weight excluding hydrogens is 148 g/mol. The van der Waals surface area contributed by atoms with Crippen LogP contribution in [0.4, 0.5) is 9.59 Å². The van der Waals surface area contributed by atoms with E-state index in [9.17, 15) is 14.7 Å². The third-order valence-electron chi connectivity index (χ3n) is 0.318. The van der Waals surface area contributed by atoms with Crippen molar-refractivity contribution in [3.8, 4) is 0 Å². The minimum absolute atomic E-state index is 0.613. The topological polar surface area (TPSA) is 123 Å². The predicted octanol–water partition coefficient (Wildman–Crippen LogP) is -1.09. The Hall–Kier alpha value is -1.86. The maximum absolute atomic E-state index is 9.51. The van der Waals surface area contributed by atoms with E-state index in [0.29, 0.717) is 0 Å². The van der Waals surface area contributed by atoms with Gasteiger partial charge in [-0.2, -0.15) is 4.79 Å². The van der Waals surface area contributed by atoms with Gasteiger partial charge in [0.1, 0.15) is 0 Å². The number of carbonyl (C=O) groups is 2. The van der Waals surface area contributed by atoms with Gasteiger partial charge in [0.25, 0.3) is 5.02 Å². The third-order valence-corrected chi connectivity index (χ3v) is 0.318. The van der Waals surface area contributed by atoms with Gasteiger partial charge in [-0.3, -0.25) is 0 Å². The van der Waals surface area contributed by atoms with Crippen LogP contribution in [0, 0.1) is 5.53 Å². The Balaban J connectivity index is 3.65. The first kappa shape index (κ1) is 8.14. The largest absolute Gasteiger partial charge is 0.577 e. The summed E-state index contributed by atoms with van der Waals surface area (Å²) in [4.78, 5) is 25.5. The molecule has 0 aliphatic carbocycles. The Bertz CT molecular complexity index is 157. The van der Waals surface area contributed by atoms with Crippen molar-refractivity contribution >= 4 is 12.3 Å². The molecule has 0 rings (SSSR count). The van der Waals surface area contributed by atoms with E-state index in [2.05, 4.69) is 9.68 Å². The summed E-state index contributed by atoms with van der Waals surface area (Å²) in [6.45, 7) is 0. The highest BCUT2D eigenvalue weighted by atomic mass is 17.0. The second-order valence-electron chi connectivity index (χ2n) is 0.956. The molecule has 8 heteroatoms. The Morgan fingerprint density at radius 2 is 2.00 bits per heavy atom. The summed E-state index contributed by atoms with van der Waals surface area (Å²) < 4.78 is 0. The molecule has 0 aromatic heterocycles. The summed E-state index contributed by atoms with van der Waals surface area (Å²) in [6.07, 6.45) is -3.95. The highest BCUT2D eigenvalue weighted by Gasteiger charge is 2.11. The average Bonchev–Trinajstić information content (AvgIpc) is 1.58. The summed E-state index contributed by atoms with van der Waals surface area (Å²) in [5, 5.41) is 16.5. The van der Waals surface area contributed by atoms with E-state index in [1.54, 1.807) is 0 Å². The average molecular weight is 150 g/mol. The van der Waals surface area contributed by atoms with Crippen LogP contribution in [0.2, 0.25) is 0 Å². The molecule has 0 bridgehead atoms. The second-order valence-corrected chi connectivity index (χ2v) is 0.956. The molecule has 0 aliphatic rings. The lowest BCUT2D eigenvalue weighted by atomic mass is 11.4. The van der Waals surface area contributed by atoms with Gasteiger partial charge in [0.2, 0.25) is 0 Å². The standard InChI is InChI=1S/C2H2N2O6/c3-4(9-1(5)6)10-2(7)8/h3H,(H-,5,6,7,8). The molecule has 0 saturated carbocycles. The lowest BCUT2D eigenvalue weighted by molar-refractivity contribution is -0.990. The molecule has 0 saturated heterocycles. The summed E-state index contributed by atoms with van der Waals surface area (Å²) >= 11 is 0. The van der Waals surface area contributed by atoms with Crippen molar-refractivity contribution in [2.75, 3.05) is 0 Å². The molecule has 0 amide bonds. The number of carbonyl (C=O) groups excluding carboxylic acids is 1. The van der Waals surface area contributed by atoms with E-state index >= 15 is 0 Å². The van der Waals surface area contributed by atoms with E-state index < -0.39 is 17.3 Å². The molecule has 10 heavy (non-hydrogen) atoms. The highest BCUT2D eigenvalue weighted by molar-refractivity contribution is 5.55. The number of rotatable bonds is 2. The monoisotopic (exact) mass is 150 g/mol. The quantitative estimate of drug-likeness (QED) is 0.381. The summed E-state index contributed by atoms with van der Waals surface area (Å²) in [5.74, 6) is 0. The van der Waals surface area contributed by atoms with Crippen molar-refractivity contribution in [3.05, 3.63) is 0 Å². The van der Waals surface area contributed by atoms with Gasteiger partial charge in [-0.1, -0.05) is 4.84 Å². The Kier molecular flexibility index (Phi) is 2.62. The molecule has 0 fully saturated rings. The minimum atomic E-state index is -2.09. The van der Waals surface area contributed by atoms with Gasteiger partial charge >= 0.3 is 12.3 Å². The molecule has 0 spiro atoms. The smallest absolute Gasteiger partial charge is 0.445 e. The second kappa shape index (κ2) is 3.22. The van der Waals surface area contributed by atoms with Crippen LogP contribution < -0.4 is 5.11 Å². The number of hydrogen-bond acceptors (Lipinski definition) is 6. The predicted molar refractivity (Wildman–Crippen MR) is 18.6 cm³/mol. The van der Waals surface area contributed by atoms with Crippen LogP contribution in [0.5, 0.6) is 0 Å². The van der Waals surface area contributed by atoms with E-state index in [4.69, 9.17) is 10.6 Å². The molecular formula is C2H2N2O6. The molecule has 0 aromatic rings. The molecule has 0 unspecified atom stereocenters. The lowest BCUT2D eigenvalue weighted by Gasteiger charge is -1.92. The van der Waals surface area contributed by atoms with Gasteiger partial charge in [0.15, 0.2) is 0 Å². The van der Waals surface area contributed by atoms with Crippen LogP contribution in [0.3, 0.4) is 0 Å². The zero-order chi connectivity index (χ0) is 8.15. The zero-order valence-corrected chi connectivity index (χ0v) is 4.44. The van der Waals surface area contributed by atoms with Crippen LogP contribution in [0.25, 0.3) is 0 Å². The Morgan fingerprint density at radius 3 is 2.30 bits per heavy atom. The van der Waals surface area contributed by atoms with Crippen LogP contribution in [0.1, 0.15) is 0 Å². The fourth-order valence-electron chi connectivity index (χ4n) is 0.157. The van der Waals surface area contributed by atoms with Crippen molar-refractivity contribution in [1.29, 1.82) is 5.53 Å². The fraction of sp³-hybridized carbons (Fsp3) is 0. The first-order valence-electron chi connectivity index (χ1n) is 1.83. The van der Waals surface area contributed by atoms with E-state index in [1.807, 2.05) is 0 Å². The Morgan fingerprint density at radius 1 is 1.50 bits per heavy atom. The summed E-state index contributed by atoms with van der Waals surface area (Å²) in [5.41, 5.74) is 6.22. The fourth-order valence-corrected chi connectivity index (χ4v) is 0.157. The normalized spacial score (nSPS) is 8.00. The maximum Gasteiger partial charge on any atom is 0.577 e. The van der Waals surface area contributed by atoms with Gasteiger partial charge < -0.3 is 15.0 Å². The van der Waals surface area contributed by atoms with Crippen molar-refractivity contribution < 1.29 is 34.5 Å². The SMILES string of the molecule is N=[N+](OC(=O)[O-])OC(=O)O. The molecule has 0 radical (unpaired) electrons. The van der Waals surface area contributed by atoms with E-state index in [0.717, 1.165) is 0 Å². The molecule has 0 heterocycles. The van der Waals surface area contributed by atoms with Crippen molar-refractivity contribution in [1.82, 2.24) is 0 Å². The first-order valence-corrected chi connectivity index (χ1v) is 1.83. The van der Waals surface area contributed by atoms with Crippen molar-refractivity contribution in [2.24, 2.45) is 0 Å². The molecule has 2 N–H and O–H groups in total. The van der Waals surface area contributed by atoms with Crippen LogP contribution >= 0.6 is 0 Å². The first-order chi connectivity index (χ1) is 4.52. The van der Waals surface area contributed by atoms with Gasteiger partial charge in [-0.05, 0) is 0 Å². The number of carboxylic acid groups (broad SMARTS) is 2. The highest BCUT2D eigenvalue weighted by Crippen LogP contribution is 1.80. The zero-order valence-electron chi connectivity index (χ0n) is 4.44. The molecule has 0 atom stereocenters. The molecule has 8 nitrogen and oxygen atoms in total. The van der Waals surface area contributed by atoms with Crippen LogP contribution in [-0.2, 0) is 9.68 Å². The number of hydrogen-bond donors (Lipinski definition) is 2. The summed E-state index contributed by atoms with van der Waals surface area (Å²) in [7, 11) is 0. The van der Waals surface area contributed by atoms with E-state index in [1.165, 1.54) is 0 Å². The van der Waals surface area contributed by atoms with Crippen molar-refractivity contribution in [2.45, 2.75) is 0 Å². The van der Waals surface area contributed by atoms with Gasteiger partial charge in [-0.15, -0.1) is 0 Å². The van der Waals surface area contributed by atoms with Gasteiger partial charge in [-0.25, -0.2) is 4.84 Å². The number of nitrogens with zero attached hydrogens (tertiary/aromatic N) is 1. The number of nitrogens with one attached hydrogen (secondary N) is 1. The van der Waals surface area contributed by atoms with Crippen LogP contribution in [0.15, 0.2) is 0 Å². The summed E-state index contributed by atoms with van der Waals surface area (Å²) in [6, 6.07) is 0. The van der Waals surface area contributed by atoms with Gasteiger partial charge in [0, 0.05) is 5.53 Å². The lowest BCUT2D eigenvalue weighted by Crippen LogP contribution is -2.29. The van der Waals surface area contributed by atoms with Gasteiger partial charge in [0.05, 0.1) is 0 Å².